The Labute approximate surface area is 187 Å². The van der Waals surface area contributed by atoms with E-state index >= 15 is 0 Å². The summed E-state index contributed by atoms with van der Waals surface area (Å²) in [4.78, 5) is 29.4. The van der Waals surface area contributed by atoms with Crippen LogP contribution in [0, 0.1) is 5.92 Å². The number of amides is 2. The van der Waals surface area contributed by atoms with Crippen molar-refractivity contribution in [1.82, 2.24) is 9.80 Å². The molecule has 0 saturated carbocycles. The number of methoxy groups -OCH3 is 1. The lowest BCUT2D eigenvalue weighted by molar-refractivity contribution is -0.116. The van der Waals surface area contributed by atoms with Crippen LogP contribution in [0.5, 0.6) is 5.75 Å². The van der Waals surface area contributed by atoms with Gasteiger partial charge in [-0.2, -0.15) is 0 Å². The standard InChI is InChI=1S/C24H39N3O4/c1-7-9-23(28)25-19-10-11-21-20(13-19)24(29)26(5)15-22(30-6)17(3)14-27(12-8-2)18(4)16-31-21/h10-11,13,17-18,22H,7-9,12,14-16H2,1-6H3,(H,25,28)/t17-,18+,22-/m0/s1. The molecule has 31 heavy (non-hydrogen) atoms. The van der Waals surface area contributed by atoms with E-state index in [0.717, 1.165) is 25.9 Å². The van der Waals surface area contributed by atoms with Crippen molar-refractivity contribution in [2.45, 2.75) is 59.1 Å². The molecule has 0 radical (unpaired) electrons. The Bertz CT molecular complexity index is 740. The maximum Gasteiger partial charge on any atom is 0.257 e. The number of ether oxygens (including phenoxy) is 2. The lowest BCUT2D eigenvalue weighted by atomic mass is 10.0. The van der Waals surface area contributed by atoms with Crippen molar-refractivity contribution in [3.05, 3.63) is 23.8 Å². The molecule has 2 rings (SSSR count). The van der Waals surface area contributed by atoms with Gasteiger partial charge in [-0.1, -0.05) is 20.8 Å². The molecule has 1 N–H and O–H groups in total. The molecule has 1 aliphatic heterocycles. The molecule has 0 fully saturated rings. The number of likely N-dealkylation sites (N-methyl/N-ethyl adjacent to an activating group) is 1. The summed E-state index contributed by atoms with van der Waals surface area (Å²) < 4.78 is 11.9. The Morgan fingerprint density at radius 3 is 2.61 bits per heavy atom. The average Bonchev–Trinajstić information content (AvgIpc) is 2.74. The summed E-state index contributed by atoms with van der Waals surface area (Å²) in [6, 6.07) is 5.48. The second-order valence-corrected chi connectivity index (χ2v) is 8.60. The number of carbonyl (C=O) groups excluding carboxylic acids is 2. The van der Waals surface area contributed by atoms with Crippen molar-refractivity contribution in [1.29, 1.82) is 0 Å². The summed E-state index contributed by atoms with van der Waals surface area (Å²) >= 11 is 0. The van der Waals surface area contributed by atoms with E-state index in [1.54, 1.807) is 37.3 Å². The molecule has 0 saturated heterocycles. The number of carbonyl (C=O) groups is 2. The third kappa shape index (κ3) is 6.94. The van der Waals surface area contributed by atoms with Gasteiger partial charge in [0.15, 0.2) is 0 Å². The summed E-state index contributed by atoms with van der Waals surface area (Å²) in [5, 5.41) is 2.88. The van der Waals surface area contributed by atoms with Gasteiger partial charge in [-0.25, -0.2) is 0 Å². The van der Waals surface area contributed by atoms with Crippen LogP contribution in [0.1, 0.15) is 57.3 Å². The highest BCUT2D eigenvalue weighted by Gasteiger charge is 2.28. The minimum atomic E-state index is -0.144. The smallest absolute Gasteiger partial charge is 0.257 e. The molecular weight excluding hydrogens is 394 g/mol. The number of fused-ring (bicyclic) bond motifs is 1. The number of nitrogens with zero attached hydrogens (tertiary/aromatic N) is 2. The Kier molecular flexibility index (Phi) is 9.78. The molecular formula is C24H39N3O4. The van der Waals surface area contributed by atoms with Crippen LogP contribution in [-0.4, -0.2) is 74.2 Å². The van der Waals surface area contributed by atoms with E-state index in [4.69, 9.17) is 9.47 Å². The fourth-order valence-electron chi connectivity index (χ4n) is 3.98. The first-order valence-electron chi connectivity index (χ1n) is 11.4. The molecule has 7 heteroatoms. The number of anilines is 1. The van der Waals surface area contributed by atoms with Gasteiger partial charge in [-0.05, 0) is 50.4 Å². The second-order valence-electron chi connectivity index (χ2n) is 8.60. The molecule has 0 aromatic heterocycles. The van der Waals surface area contributed by atoms with Gasteiger partial charge >= 0.3 is 0 Å². The lowest BCUT2D eigenvalue weighted by Gasteiger charge is -2.35. The highest BCUT2D eigenvalue weighted by Crippen LogP contribution is 2.26. The Morgan fingerprint density at radius 1 is 1.23 bits per heavy atom. The van der Waals surface area contributed by atoms with E-state index in [9.17, 15) is 9.59 Å². The SMILES string of the molecule is CCCC(=O)Nc1ccc2c(c1)C(=O)N(C)C[C@H](OC)[C@@H](C)CN(CCC)[C@H](C)CO2. The summed E-state index contributed by atoms with van der Waals surface area (Å²) in [6.45, 7) is 11.3. The number of hydrogen-bond acceptors (Lipinski definition) is 5. The van der Waals surface area contributed by atoms with Gasteiger partial charge < -0.3 is 19.7 Å². The van der Waals surface area contributed by atoms with E-state index in [-0.39, 0.29) is 29.9 Å². The van der Waals surface area contributed by atoms with Gasteiger partial charge in [0.2, 0.25) is 5.91 Å². The quantitative estimate of drug-likeness (QED) is 0.742. The molecule has 1 aliphatic rings. The Balaban J connectivity index is 2.38. The highest BCUT2D eigenvalue weighted by molar-refractivity contribution is 5.99. The van der Waals surface area contributed by atoms with Crippen LogP contribution in [0.15, 0.2) is 18.2 Å². The predicted molar refractivity (Wildman–Crippen MR) is 124 cm³/mol. The van der Waals surface area contributed by atoms with E-state index in [1.165, 1.54) is 0 Å². The van der Waals surface area contributed by atoms with Crippen LogP contribution < -0.4 is 10.1 Å². The van der Waals surface area contributed by atoms with E-state index < -0.39 is 0 Å². The third-order valence-corrected chi connectivity index (χ3v) is 5.85. The molecule has 2 amide bonds. The summed E-state index contributed by atoms with van der Waals surface area (Å²) in [5.41, 5.74) is 1.06. The first-order chi connectivity index (χ1) is 14.8. The van der Waals surface area contributed by atoms with E-state index in [0.29, 0.717) is 36.6 Å². The molecule has 3 atom stereocenters. The van der Waals surface area contributed by atoms with Gasteiger partial charge in [-0.15, -0.1) is 0 Å². The van der Waals surface area contributed by atoms with Crippen molar-refractivity contribution in [2.24, 2.45) is 5.92 Å². The lowest BCUT2D eigenvalue weighted by Crippen LogP contribution is -2.46. The van der Waals surface area contributed by atoms with E-state index in [1.807, 2.05) is 6.92 Å². The zero-order valence-corrected chi connectivity index (χ0v) is 19.9. The van der Waals surface area contributed by atoms with E-state index in [2.05, 4.69) is 31.0 Å². The average molecular weight is 434 g/mol. The first kappa shape index (κ1) is 25.1. The van der Waals surface area contributed by atoms with Crippen molar-refractivity contribution in [3.63, 3.8) is 0 Å². The largest absolute Gasteiger partial charge is 0.491 e. The Hall–Kier alpha value is -2.12. The molecule has 0 aliphatic carbocycles. The monoisotopic (exact) mass is 433 g/mol. The number of hydrogen-bond donors (Lipinski definition) is 1. The van der Waals surface area contributed by atoms with Crippen LogP contribution in [-0.2, 0) is 9.53 Å². The maximum absolute atomic E-state index is 13.3. The zero-order valence-electron chi connectivity index (χ0n) is 19.9. The highest BCUT2D eigenvalue weighted by atomic mass is 16.5. The van der Waals surface area contributed by atoms with Crippen LogP contribution in [0.25, 0.3) is 0 Å². The molecule has 1 aromatic carbocycles. The van der Waals surface area contributed by atoms with Crippen LogP contribution in [0.2, 0.25) is 0 Å². The maximum atomic E-state index is 13.3. The third-order valence-electron chi connectivity index (χ3n) is 5.85. The van der Waals surface area contributed by atoms with Gasteiger partial charge in [0, 0.05) is 45.4 Å². The molecule has 0 bridgehead atoms. The van der Waals surface area contributed by atoms with Gasteiger partial charge in [0.05, 0.1) is 11.7 Å². The van der Waals surface area contributed by atoms with Crippen molar-refractivity contribution in [3.8, 4) is 5.75 Å². The first-order valence-corrected chi connectivity index (χ1v) is 11.4. The van der Waals surface area contributed by atoms with Crippen LogP contribution >= 0.6 is 0 Å². The van der Waals surface area contributed by atoms with Gasteiger partial charge in [-0.3, -0.25) is 14.5 Å². The second kappa shape index (κ2) is 12.1. The topological polar surface area (TPSA) is 71.1 Å². The molecule has 0 unspecified atom stereocenters. The molecule has 7 nitrogen and oxygen atoms in total. The summed E-state index contributed by atoms with van der Waals surface area (Å²) in [7, 11) is 3.49. The molecule has 174 valence electrons. The number of benzene rings is 1. The van der Waals surface area contributed by atoms with Gasteiger partial charge in [0.1, 0.15) is 12.4 Å². The van der Waals surface area contributed by atoms with Crippen molar-refractivity contribution in [2.75, 3.05) is 45.7 Å². The fourth-order valence-corrected chi connectivity index (χ4v) is 3.98. The van der Waals surface area contributed by atoms with Crippen LogP contribution in [0.4, 0.5) is 5.69 Å². The summed E-state index contributed by atoms with van der Waals surface area (Å²) in [5.74, 6) is 0.591. The fraction of sp³-hybridized carbons (Fsp3) is 0.667. The minimum absolute atomic E-state index is 0.0607. The zero-order chi connectivity index (χ0) is 23.0. The van der Waals surface area contributed by atoms with Crippen molar-refractivity contribution < 1.29 is 19.1 Å². The predicted octanol–water partition coefficient (Wildman–Crippen LogP) is 3.64. The van der Waals surface area contributed by atoms with Crippen LogP contribution in [0.3, 0.4) is 0 Å². The summed E-state index contributed by atoms with van der Waals surface area (Å²) in [6.07, 6.45) is 2.20. The number of rotatable bonds is 6. The molecule has 1 heterocycles. The molecule has 1 aromatic rings. The normalized spacial score (nSPS) is 23.4. The number of nitrogens with one attached hydrogen (secondary N) is 1. The van der Waals surface area contributed by atoms with Crippen molar-refractivity contribution >= 4 is 17.5 Å². The van der Waals surface area contributed by atoms with Gasteiger partial charge in [0.25, 0.3) is 5.91 Å². The minimum Gasteiger partial charge on any atom is -0.491 e. The Morgan fingerprint density at radius 2 is 1.97 bits per heavy atom. The molecule has 0 spiro atoms.